The molecular weight excluding hydrogens is 248 g/mol. The molecule has 106 valence electrons. The van der Waals surface area contributed by atoms with Crippen molar-refractivity contribution >= 4 is 5.69 Å². The molecule has 20 heavy (non-hydrogen) atoms. The van der Waals surface area contributed by atoms with Crippen LogP contribution in [0.15, 0.2) is 36.7 Å². The fourth-order valence-corrected chi connectivity index (χ4v) is 2.29. The third-order valence-corrected chi connectivity index (χ3v) is 3.14. The van der Waals surface area contributed by atoms with Crippen LogP contribution in [0.1, 0.15) is 29.9 Å². The lowest BCUT2D eigenvalue weighted by atomic mass is 10.1. The molecule has 0 fully saturated rings. The molecule has 4 nitrogen and oxygen atoms in total. The van der Waals surface area contributed by atoms with Crippen LogP contribution in [0.5, 0.6) is 0 Å². The maximum absolute atomic E-state index is 4.41. The van der Waals surface area contributed by atoms with Gasteiger partial charge in [0.25, 0.3) is 0 Å². The van der Waals surface area contributed by atoms with E-state index >= 15 is 0 Å². The van der Waals surface area contributed by atoms with Gasteiger partial charge in [-0.15, -0.1) is 0 Å². The average Bonchev–Trinajstić information content (AvgIpc) is 2.38. The highest BCUT2D eigenvalue weighted by molar-refractivity contribution is 5.47. The average molecular weight is 270 g/mol. The van der Waals surface area contributed by atoms with E-state index in [0.29, 0.717) is 0 Å². The Balaban J connectivity index is 2.12. The zero-order valence-corrected chi connectivity index (χ0v) is 12.6. The lowest BCUT2D eigenvalue weighted by Gasteiger charge is -2.17. The minimum Gasteiger partial charge on any atom is -0.377 e. The molecule has 1 atom stereocenters. The van der Waals surface area contributed by atoms with Crippen molar-refractivity contribution in [2.45, 2.75) is 26.4 Å². The van der Waals surface area contributed by atoms with Gasteiger partial charge in [0.1, 0.15) is 0 Å². The summed E-state index contributed by atoms with van der Waals surface area (Å²) in [5.41, 5.74) is 4.37. The molecule has 0 amide bonds. The van der Waals surface area contributed by atoms with Crippen molar-refractivity contribution in [2.75, 3.05) is 19.4 Å². The van der Waals surface area contributed by atoms with Gasteiger partial charge in [0.15, 0.2) is 0 Å². The van der Waals surface area contributed by atoms with Crippen LogP contribution in [0.2, 0.25) is 0 Å². The lowest BCUT2D eigenvalue weighted by molar-refractivity contribution is 0.402. The molecular formula is C16H22N4. The number of benzene rings is 1. The van der Waals surface area contributed by atoms with Gasteiger partial charge in [-0.3, -0.25) is 9.97 Å². The fourth-order valence-electron chi connectivity index (χ4n) is 2.29. The van der Waals surface area contributed by atoms with Crippen LogP contribution in [0.25, 0.3) is 0 Å². The number of aromatic nitrogens is 2. The van der Waals surface area contributed by atoms with Crippen LogP contribution < -0.4 is 5.32 Å². The SMILES string of the molecule is Cc1nccnc1C(C)Nc1cccc(CN(C)C)c1. The van der Waals surface area contributed by atoms with E-state index in [1.807, 2.05) is 6.92 Å². The molecule has 0 saturated heterocycles. The Morgan fingerprint density at radius 3 is 2.65 bits per heavy atom. The second kappa shape index (κ2) is 6.48. The highest BCUT2D eigenvalue weighted by Crippen LogP contribution is 2.20. The second-order valence-electron chi connectivity index (χ2n) is 5.33. The highest BCUT2D eigenvalue weighted by atomic mass is 15.0. The van der Waals surface area contributed by atoms with E-state index in [9.17, 15) is 0 Å². The van der Waals surface area contributed by atoms with Gasteiger partial charge in [-0.25, -0.2) is 0 Å². The van der Waals surface area contributed by atoms with E-state index in [1.54, 1.807) is 12.4 Å². The molecule has 0 aliphatic carbocycles. The van der Waals surface area contributed by atoms with Crippen molar-refractivity contribution in [1.29, 1.82) is 0 Å². The van der Waals surface area contributed by atoms with Crippen molar-refractivity contribution in [1.82, 2.24) is 14.9 Å². The minimum absolute atomic E-state index is 0.137. The second-order valence-corrected chi connectivity index (χ2v) is 5.33. The predicted molar refractivity (Wildman–Crippen MR) is 82.6 cm³/mol. The summed E-state index contributed by atoms with van der Waals surface area (Å²) in [6.07, 6.45) is 3.46. The van der Waals surface area contributed by atoms with Crippen LogP contribution in [-0.2, 0) is 6.54 Å². The summed E-state index contributed by atoms with van der Waals surface area (Å²) in [6, 6.07) is 8.63. The van der Waals surface area contributed by atoms with E-state index in [-0.39, 0.29) is 6.04 Å². The van der Waals surface area contributed by atoms with Crippen LogP contribution >= 0.6 is 0 Å². The summed E-state index contributed by atoms with van der Waals surface area (Å²) in [6.45, 7) is 5.03. The zero-order valence-electron chi connectivity index (χ0n) is 12.6. The fraction of sp³-hybridized carbons (Fsp3) is 0.375. The summed E-state index contributed by atoms with van der Waals surface area (Å²) in [4.78, 5) is 10.9. The largest absolute Gasteiger partial charge is 0.377 e. The van der Waals surface area contributed by atoms with E-state index < -0.39 is 0 Å². The first-order chi connectivity index (χ1) is 9.56. The summed E-state index contributed by atoms with van der Waals surface area (Å²) in [5, 5.41) is 3.49. The topological polar surface area (TPSA) is 41.1 Å². The van der Waals surface area contributed by atoms with Gasteiger partial charge in [0.05, 0.1) is 17.4 Å². The van der Waals surface area contributed by atoms with Crippen LogP contribution in [0, 0.1) is 6.92 Å². The van der Waals surface area contributed by atoms with Crippen molar-refractivity contribution < 1.29 is 0 Å². The molecule has 0 saturated carbocycles. The van der Waals surface area contributed by atoms with E-state index in [0.717, 1.165) is 23.6 Å². The van der Waals surface area contributed by atoms with Crippen molar-refractivity contribution in [3.63, 3.8) is 0 Å². The molecule has 0 bridgehead atoms. The number of hydrogen-bond acceptors (Lipinski definition) is 4. The quantitative estimate of drug-likeness (QED) is 0.906. The first-order valence-corrected chi connectivity index (χ1v) is 6.84. The Labute approximate surface area is 120 Å². The van der Waals surface area contributed by atoms with Crippen molar-refractivity contribution in [2.24, 2.45) is 0 Å². The van der Waals surface area contributed by atoms with Gasteiger partial charge in [0.2, 0.25) is 0 Å². The van der Waals surface area contributed by atoms with Crippen molar-refractivity contribution in [3.05, 3.63) is 53.6 Å². The standard InChI is InChI=1S/C16H22N4/c1-12-16(18-9-8-17-12)13(2)19-15-7-5-6-14(10-15)11-20(3)4/h5-10,13,19H,11H2,1-4H3. The maximum Gasteiger partial charge on any atom is 0.0835 e. The number of hydrogen-bond donors (Lipinski definition) is 1. The summed E-state index contributed by atoms with van der Waals surface area (Å²) in [5.74, 6) is 0. The highest BCUT2D eigenvalue weighted by Gasteiger charge is 2.10. The van der Waals surface area contributed by atoms with Crippen LogP contribution in [0.4, 0.5) is 5.69 Å². The number of aryl methyl sites for hydroxylation is 1. The third-order valence-electron chi connectivity index (χ3n) is 3.14. The first-order valence-electron chi connectivity index (χ1n) is 6.84. The molecule has 0 aliphatic heterocycles. The van der Waals surface area contributed by atoms with Gasteiger partial charge in [-0.05, 0) is 45.6 Å². The molecule has 0 aliphatic rings. The number of anilines is 1. The van der Waals surface area contributed by atoms with Gasteiger partial charge in [-0.2, -0.15) is 0 Å². The van der Waals surface area contributed by atoms with E-state index in [4.69, 9.17) is 0 Å². The van der Waals surface area contributed by atoms with Gasteiger partial charge >= 0.3 is 0 Å². The molecule has 0 spiro atoms. The molecule has 0 radical (unpaired) electrons. The van der Waals surface area contributed by atoms with E-state index in [1.165, 1.54) is 5.56 Å². The number of rotatable bonds is 5. The van der Waals surface area contributed by atoms with Gasteiger partial charge in [-0.1, -0.05) is 12.1 Å². The molecule has 1 N–H and O–H groups in total. The Morgan fingerprint density at radius 1 is 1.20 bits per heavy atom. The summed E-state index contributed by atoms with van der Waals surface area (Å²) >= 11 is 0. The molecule has 2 aromatic rings. The Hall–Kier alpha value is -1.94. The van der Waals surface area contributed by atoms with Gasteiger partial charge < -0.3 is 10.2 Å². The molecule has 2 rings (SSSR count). The smallest absolute Gasteiger partial charge is 0.0835 e. The monoisotopic (exact) mass is 270 g/mol. The minimum atomic E-state index is 0.137. The summed E-state index contributed by atoms with van der Waals surface area (Å²) < 4.78 is 0. The molecule has 1 unspecified atom stereocenters. The normalized spacial score (nSPS) is 12.4. The summed E-state index contributed by atoms with van der Waals surface area (Å²) in [7, 11) is 4.15. The molecule has 1 heterocycles. The van der Waals surface area contributed by atoms with Crippen LogP contribution in [-0.4, -0.2) is 29.0 Å². The Kier molecular flexibility index (Phi) is 4.69. The maximum atomic E-state index is 4.41. The molecule has 4 heteroatoms. The zero-order chi connectivity index (χ0) is 14.5. The number of nitrogens with one attached hydrogen (secondary N) is 1. The predicted octanol–water partition coefficient (Wildman–Crippen LogP) is 3.02. The third kappa shape index (κ3) is 3.78. The van der Waals surface area contributed by atoms with E-state index in [2.05, 4.69) is 65.5 Å². The Morgan fingerprint density at radius 2 is 1.95 bits per heavy atom. The molecule has 1 aromatic heterocycles. The molecule has 1 aromatic carbocycles. The number of nitrogens with zero attached hydrogens (tertiary/aromatic N) is 3. The lowest BCUT2D eigenvalue weighted by Crippen LogP contribution is -2.13. The van der Waals surface area contributed by atoms with Gasteiger partial charge in [0, 0.05) is 24.6 Å². The van der Waals surface area contributed by atoms with Crippen LogP contribution in [0.3, 0.4) is 0 Å². The Bertz CT molecular complexity index is 566. The first kappa shape index (κ1) is 14.5. The van der Waals surface area contributed by atoms with Crippen molar-refractivity contribution in [3.8, 4) is 0 Å².